The number of amides is 1. The molecule has 1 fully saturated rings. The zero-order valence-electron chi connectivity index (χ0n) is 11.8. The molecule has 1 aromatic rings. The van der Waals surface area contributed by atoms with E-state index in [2.05, 4.69) is 35.7 Å². The van der Waals surface area contributed by atoms with Crippen LogP contribution in [0.5, 0.6) is 0 Å². The summed E-state index contributed by atoms with van der Waals surface area (Å²) < 4.78 is 0. The average Bonchev–Trinajstić information content (AvgIpc) is 2.56. The maximum Gasteiger partial charge on any atom is 0.227 e. The van der Waals surface area contributed by atoms with Crippen LogP contribution in [0.3, 0.4) is 0 Å². The zero-order valence-corrected chi connectivity index (χ0v) is 11.8. The first-order chi connectivity index (χ1) is 9.84. The first kappa shape index (κ1) is 13.4. The molecular weight excluding hydrogens is 248 g/mol. The van der Waals surface area contributed by atoms with Crippen LogP contribution in [0.2, 0.25) is 0 Å². The minimum atomic E-state index is 0.190. The maximum atomic E-state index is 12.5. The number of nitrogens with zero attached hydrogens (tertiary/aromatic N) is 1. The highest BCUT2D eigenvalue weighted by Crippen LogP contribution is 2.23. The van der Waals surface area contributed by atoms with Crippen LogP contribution in [0.25, 0.3) is 5.57 Å². The second-order valence-corrected chi connectivity index (χ2v) is 5.67. The summed E-state index contributed by atoms with van der Waals surface area (Å²) in [4.78, 5) is 14.5. The van der Waals surface area contributed by atoms with Crippen molar-refractivity contribution >= 4 is 11.5 Å². The number of nitrogens with one attached hydrogen (secondary N) is 1. The van der Waals surface area contributed by atoms with Gasteiger partial charge in [-0.1, -0.05) is 36.4 Å². The number of carbonyl (C=O) groups is 1. The molecule has 20 heavy (non-hydrogen) atoms. The van der Waals surface area contributed by atoms with Crippen LogP contribution in [0.4, 0.5) is 0 Å². The average molecular weight is 270 g/mol. The lowest BCUT2D eigenvalue weighted by atomic mass is 9.95. The molecule has 1 atom stereocenters. The SMILES string of the molecule is O=C([C@@H]1CCCNC1)N1CC=C(c2ccccc2)CC1. The Bertz CT molecular complexity index is 489. The van der Waals surface area contributed by atoms with Crippen molar-refractivity contribution in [2.24, 2.45) is 5.92 Å². The summed E-state index contributed by atoms with van der Waals surface area (Å²) in [5, 5.41) is 3.33. The van der Waals surface area contributed by atoms with E-state index in [0.717, 1.165) is 45.4 Å². The Balaban J connectivity index is 1.62. The number of hydrogen-bond acceptors (Lipinski definition) is 2. The van der Waals surface area contributed by atoms with Crippen molar-refractivity contribution in [2.45, 2.75) is 19.3 Å². The van der Waals surface area contributed by atoms with Gasteiger partial charge in [0.25, 0.3) is 0 Å². The molecule has 2 aliphatic heterocycles. The smallest absolute Gasteiger partial charge is 0.227 e. The summed E-state index contributed by atoms with van der Waals surface area (Å²) in [5.41, 5.74) is 2.66. The van der Waals surface area contributed by atoms with E-state index >= 15 is 0 Å². The van der Waals surface area contributed by atoms with Crippen LogP contribution in [0.1, 0.15) is 24.8 Å². The molecule has 0 aliphatic carbocycles. The third kappa shape index (κ3) is 2.93. The molecule has 0 unspecified atom stereocenters. The Kier molecular flexibility index (Phi) is 4.16. The fraction of sp³-hybridized carbons (Fsp3) is 0.471. The van der Waals surface area contributed by atoms with Gasteiger partial charge in [-0.25, -0.2) is 0 Å². The van der Waals surface area contributed by atoms with E-state index < -0.39 is 0 Å². The molecule has 3 nitrogen and oxygen atoms in total. The number of benzene rings is 1. The van der Waals surface area contributed by atoms with Crippen molar-refractivity contribution in [1.29, 1.82) is 0 Å². The molecule has 2 aliphatic rings. The van der Waals surface area contributed by atoms with Gasteiger partial charge in [-0.15, -0.1) is 0 Å². The minimum absolute atomic E-state index is 0.190. The van der Waals surface area contributed by atoms with Gasteiger partial charge < -0.3 is 10.2 Å². The first-order valence-corrected chi connectivity index (χ1v) is 7.58. The molecule has 0 bridgehead atoms. The third-order valence-corrected chi connectivity index (χ3v) is 4.31. The molecule has 3 heteroatoms. The van der Waals surface area contributed by atoms with E-state index in [1.165, 1.54) is 11.1 Å². The van der Waals surface area contributed by atoms with Gasteiger partial charge in [0.05, 0.1) is 5.92 Å². The van der Waals surface area contributed by atoms with E-state index in [1.807, 2.05) is 11.0 Å². The lowest BCUT2D eigenvalue weighted by molar-refractivity contribution is -0.135. The van der Waals surface area contributed by atoms with Gasteiger partial charge in [0.1, 0.15) is 0 Å². The van der Waals surface area contributed by atoms with E-state index in [9.17, 15) is 4.79 Å². The predicted molar refractivity (Wildman–Crippen MR) is 81.2 cm³/mol. The van der Waals surface area contributed by atoms with E-state index in [0.29, 0.717) is 5.91 Å². The predicted octanol–water partition coefficient (Wildman–Crippen LogP) is 2.30. The zero-order chi connectivity index (χ0) is 13.8. The lowest BCUT2D eigenvalue weighted by Crippen LogP contribution is -2.44. The molecule has 1 amide bonds. The van der Waals surface area contributed by atoms with Crippen LogP contribution in [0, 0.1) is 5.92 Å². The summed E-state index contributed by atoms with van der Waals surface area (Å²) in [6, 6.07) is 10.5. The molecule has 2 heterocycles. The van der Waals surface area contributed by atoms with Gasteiger partial charge in [0.15, 0.2) is 0 Å². The van der Waals surface area contributed by atoms with Crippen molar-refractivity contribution in [3.63, 3.8) is 0 Å². The Labute approximate surface area is 120 Å². The minimum Gasteiger partial charge on any atom is -0.338 e. The van der Waals surface area contributed by atoms with Crippen molar-refractivity contribution in [3.05, 3.63) is 42.0 Å². The van der Waals surface area contributed by atoms with Crippen molar-refractivity contribution in [3.8, 4) is 0 Å². The quantitative estimate of drug-likeness (QED) is 0.894. The Morgan fingerprint density at radius 1 is 1.25 bits per heavy atom. The third-order valence-electron chi connectivity index (χ3n) is 4.31. The van der Waals surface area contributed by atoms with Crippen LogP contribution in [0.15, 0.2) is 36.4 Å². The monoisotopic (exact) mass is 270 g/mol. The van der Waals surface area contributed by atoms with Crippen LogP contribution in [-0.4, -0.2) is 37.0 Å². The largest absolute Gasteiger partial charge is 0.338 e. The first-order valence-electron chi connectivity index (χ1n) is 7.58. The highest BCUT2D eigenvalue weighted by molar-refractivity contribution is 5.80. The summed E-state index contributed by atoms with van der Waals surface area (Å²) in [6.45, 7) is 3.53. The summed E-state index contributed by atoms with van der Waals surface area (Å²) in [5.74, 6) is 0.524. The standard InChI is InChI=1S/C17H22N2O/c20-17(16-7-4-10-18-13-16)19-11-8-15(9-12-19)14-5-2-1-3-6-14/h1-3,5-6,8,16,18H,4,7,9-13H2/t16-/m1/s1. The molecular formula is C17H22N2O. The van der Waals surface area contributed by atoms with Crippen LogP contribution < -0.4 is 5.32 Å². The van der Waals surface area contributed by atoms with Gasteiger partial charge in [0, 0.05) is 19.6 Å². The Hall–Kier alpha value is -1.61. The number of piperidine rings is 1. The highest BCUT2D eigenvalue weighted by atomic mass is 16.2. The molecule has 1 aromatic carbocycles. The number of hydrogen-bond donors (Lipinski definition) is 1. The van der Waals surface area contributed by atoms with E-state index in [4.69, 9.17) is 0 Å². The summed E-state index contributed by atoms with van der Waals surface area (Å²) in [7, 11) is 0. The van der Waals surface area contributed by atoms with Crippen molar-refractivity contribution in [1.82, 2.24) is 10.2 Å². The normalized spacial score (nSPS) is 23.3. The van der Waals surface area contributed by atoms with Gasteiger partial charge in [-0.2, -0.15) is 0 Å². The molecule has 3 rings (SSSR count). The van der Waals surface area contributed by atoms with E-state index in [-0.39, 0.29) is 5.92 Å². The molecule has 0 saturated carbocycles. The number of carbonyl (C=O) groups excluding carboxylic acids is 1. The van der Waals surface area contributed by atoms with Crippen LogP contribution in [-0.2, 0) is 4.79 Å². The fourth-order valence-corrected chi connectivity index (χ4v) is 3.10. The Morgan fingerprint density at radius 3 is 2.75 bits per heavy atom. The van der Waals surface area contributed by atoms with Gasteiger partial charge >= 0.3 is 0 Å². The second kappa shape index (κ2) is 6.23. The molecule has 0 radical (unpaired) electrons. The van der Waals surface area contributed by atoms with Crippen LogP contribution >= 0.6 is 0 Å². The number of rotatable bonds is 2. The topological polar surface area (TPSA) is 32.3 Å². The fourth-order valence-electron chi connectivity index (χ4n) is 3.10. The van der Waals surface area contributed by atoms with Gasteiger partial charge in [0.2, 0.25) is 5.91 Å². The molecule has 0 spiro atoms. The molecule has 1 saturated heterocycles. The van der Waals surface area contributed by atoms with Gasteiger partial charge in [-0.05, 0) is 36.9 Å². The summed E-state index contributed by atoms with van der Waals surface area (Å²) >= 11 is 0. The summed E-state index contributed by atoms with van der Waals surface area (Å²) in [6.07, 6.45) is 5.34. The molecule has 106 valence electrons. The Morgan fingerprint density at radius 2 is 2.10 bits per heavy atom. The lowest BCUT2D eigenvalue weighted by Gasteiger charge is -2.31. The van der Waals surface area contributed by atoms with Gasteiger partial charge in [-0.3, -0.25) is 4.79 Å². The molecule has 0 aromatic heterocycles. The van der Waals surface area contributed by atoms with E-state index in [1.54, 1.807) is 0 Å². The second-order valence-electron chi connectivity index (χ2n) is 5.67. The van der Waals surface area contributed by atoms with Crippen molar-refractivity contribution in [2.75, 3.05) is 26.2 Å². The highest BCUT2D eigenvalue weighted by Gasteiger charge is 2.26. The van der Waals surface area contributed by atoms with Crippen molar-refractivity contribution < 1.29 is 4.79 Å². The molecule has 1 N–H and O–H groups in total. The maximum absolute atomic E-state index is 12.5.